The Balaban J connectivity index is 2.65. The maximum absolute atomic E-state index is 12.9. The largest absolute Gasteiger partial charge is 0.381 e. The van der Waals surface area contributed by atoms with Crippen LogP contribution in [0.25, 0.3) is 0 Å². The molecule has 1 aliphatic rings. The molecule has 0 aliphatic heterocycles. The van der Waals surface area contributed by atoms with Gasteiger partial charge in [0.1, 0.15) is 0 Å². The maximum atomic E-state index is 12.9. The lowest BCUT2D eigenvalue weighted by molar-refractivity contribution is -0.122. The van der Waals surface area contributed by atoms with Crippen molar-refractivity contribution in [2.24, 2.45) is 11.8 Å². The number of methoxy groups -OCH3 is 1. The van der Waals surface area contributed by atoms with Crippen LogP contribution < -0.4 is 11.3 Å². The molecule has 6 heteroatoms. The van der Waals surface area contributed by atoms with E-state index in [0.29, 0.717) is 17.8 Å². The van der Waals surface area contributed by atoms with E-state index >= 15 is 0 Å². The zero-order valence-corrected chi connectivity index (χ0v) is 13.3. The molecule has 5 nitrogen and oxygen atoms in total. The Morgan fingerprint density at radius 3 is 2.32 bits per heavy atom. The molecule has 3 N–H and O–H groups in total. The second-order valence-electron chi connectivity index (χ2n) is 6.19. The van der Waals surface area contributed by atoms with Gasteiger partial charge in [0.15, 0.2) is 0 Å². The van der Waals surface area contributed by atoms with Crippen LogP contribution in [0.15, 0.2) is 0 Å². The van der Waals surface area contributed by atoms with Crippen LogP contribution in [0.3, 0.4) is 0 Å². The van der Waals surface area contributed by atoms with E-state index < -0.39 is 14.7 Å². The van der Waals surface area contributed by atoms with Gasteiger partial charge < -0.3 is 4.74 Å². The third-order valence-electron chi connectivity index (χ3n) is 4.60. The lowest BCUT2D eigenvalue weighted by Crippen LogP contribution is -2.54. The van der Waals surface area contributed by atoms with Gasteiger partial charge in [-0.15, -0.1) is 0 Å². The Kier molecular flexibility index (Phi) is 5.53. The van der Waals surface area contributed by atoms with E-state index in [1.165, 1.54) is 0 Å². The number of hydrogen-bond donors (Lipinski definition) is 3. The highest BCUT2D eigenvalue weighted by Crippen LogP contribution is 2.32. The fourth-order valence-corrected chi connectivity index (χ4v) is 4.96. The van der Waals surface area contributed by atoms with Crippen LogP contribution in [0.1, 0.15) is 39.5 Å². The molecule has 0 saturated heterocycles. The molecule has 0 atom stereocenters. The zero-order valence-electron chi connectivity index (χ0n) is 12.4. The molecule has 0 bridgehead atoms. The first kappa shape index (κ1) is 16.6. The first-order valence-electron chi connectivity index (χ1n) is 6.85. The quantitative estimate of drug-likeness (QED) is 0.300. The molecular weight excluding hydrogens is 264 g/mol. The minimum atomic E-state index is -2.60. The Bertz CT molecular complexity index is 363. The molecule has 114 valence electrons. The molecular formula is C13H28N2O3S. The van der Waals surface area contributed by atoms with E-state index in [4.69, 9.17) is 10.6 Å². The van der Waals surface area contributed by atoms with Gasteiger partial charge in [0.25, 0.3) is 0 Å². The van der Waals surface area contributed by atoms with Gasteiger partial charge in [0.2, 0.25) is 5.91 Å². The second-order valence-corrected chi connectivity index (χ2v) is 9.88. The summed E-state index contributed by atoms with van der Waals surface area (Å²) in [5.74, 6) is 5.88. The standard InChI is InChI=1S/C13H28N2O3S/c1-13(2,12(16)15-14)19(4,17)9-10-5-7-11(18-3)8-6-10/h10-11,19H,5-9,14H2,1-4H3,(H,15,16)/t10-,11-. The zero-order chi connectivity index (χ0) is 14.7. The summed E-state index contributed by atoms with van der Waals surface area (Å²) in [7, 11) is -0.857. The van der Waals surface area contributed by atoms with Crippen LogP contribution in [0.5, 0.6) is 0 Å². The first-order chi connectivity index (χ1) is 8.74. The monoisotopic (exact) mass is 292 g/mol. The van der Waals surface area contributed by atoms with Gasteiger partial charge in [-0.1, -0.05) is 9.93 Å². The second kappa shape index (κ2) is 6.33. The summed E-state index contributed by atoms with van der Waals surface area (Å²) in [6.07, 6.45) is 6.15. The Morgan fingerprint density at radius 2 is 1.89 bits per heavy atom. The van der Waals surface area contributed by atoms with Crippen molar-refractivity contribution < 1.29 is 13.7 Å². The SMILES string of the molecule is CO[C@H]1CC[C@H](C[SH](C)(=O)C(C)(C)C(=O)NN)CC1. The number of nitrogens with one attached hydrogen (secondary N) is 1. The molecule has 1 rings (SSSR count). The van der Waals surface area contributed by atoms with E-state index in [2.05, 4.69) is 5.43 Å². The summed E-state index contributed by atoms with van der Waals surface area (Å²) in [4.78, 5) is 11.8. The molecule has 1 amide bonds. The summed E-state index contributed by atoms with van der Waals surface area (Å²) in [6.45, 7) is 3.44. The van der Waals surface area contributed by atoms with Crippen molar-refractivity contribution in [1.82, 2.24) is 5.43 Å². The molecule has 0 radical (unpaired) electrons. The minimum Gasteiger partial charge on any atom is -0.381 e. The first-order valence-corrected chi connectivity index (χ1v) is 9.19. The third kappa shape index (κ3) is 3.77. The summed E-state index contributed by atoms with van der Waals surface area (Å²) < 4.78 is 17.3. The van der Waals surface area contributed by atoms with Crippen LogP contribution in [-0.4, -0.2) is 40.1 Å². The van der Waals surface area contributed by atoms with Crippen molar-refractivity contribution in [2.45, 2.75) is 50.4 Å². The summed E-state index contributed by atoms with van der Waals surface area (Å²) >= 11 is 0. The van der Waals surface area contributed by atoms with Crippen LogP contribution in [-0.2, 0) is 19.5 Å². The van der Waals surface area contributed by atoms with Crippen molar-refractivity contribution in [3.05, 3.63) is 0 Å². The van der Waals surface area contributed by atoms with Crippen LogP contribution in [0, 0.1) is 5.92 Å². The Labute approximate surface area is 117 Å². The number of nitrogens with two attached hydrogens (primary N) is 1. The van der Waals surface area contributed by atoms with E-state index in [1.54, 1.807) is 27.2 Å². The van der Waals surface area contributed by atoms with E-state index in [1.807, 2.05) is 0 Å². The van der Waals surface area contributed by atoms with Gasteiger partial charge in [0, 0.05) is 12.9 Å². The summed E-state index contributed by atoms with van der Waals surface area (Å²) in [6, 6.07) is 0. The fourth-order valence-electron chi connectivity index (χ4n) is 2.66. The molecule has 0 unspecified atom stereocenters. The molecule has 1 aliphatic carbocycles. The van der Waals surface area contributed by atoms with Gasteiger partial charge in [-0.3, -0.25) is 14.4 Å². The van der Waals surface area contributed by atoms with Gasteiger partial charge in [-0.05, 0) is 51.7 Å². The molecule has 1 fully saturated rings. The van der Waals surface area contributed by atoms with Crippen LogP contribution in [0.2, 0.25) is 0 Å². The average Bonchev–Trinajstić information content (AvgIpc) is 2.37. The number of carbonyl (C=O) groups excluding carboxylic acids is 1. The fraction of sp³-hybridized carbons (Fsp3) is 0.923. The van der Waals surface area contributed by atoms with E-state index in [-0.39, 0.29) is 5.91 Å². The van der Waals surface area contributed by atoms with Gasteiger partial charge in [-0.2, -0.15) is 0 Å². The van der Waals surface area contributed by atoms with Gasteiger partial charge in [0.05, 0.1) is 10.9 Å². The van der Waals surface area contributed by atoms with Crippen molar-refractivity contribution in [3.63, 3.8) is 0 Å². The molecule has 19 heavy (non-hydrogen) atoms. The smallest absolute Gasteiger partial charge is 0.250 e. The van der Waals surface area contributed by atoms with Gasteiger partial charge in [-0.25, -0.2) is 5.84 Å². The van der Waals surface area contributed by atoms with E-state index in [9.17, 15) is 9.00 Å². The third-order valence-corrected chi connectivity index (χ3v) is 8.38. The predicted molar refractivity (Wildman–Crippen MR) is 79.5 cm³/mol. The molecule has 0 aromatic heterocycles. The normalized spacial score (nSPS) is 25.9. The Hall–Kier alpha value is -0.460. The highest BCUT2D eigenvalue weighted by atomic mass is 32.2. The summed E-state index contributed by atoms with van der Waals surface area (Å²) in [5, 5.41) is 0. The van der Waals surface area contributed by atoms with Gasteiger partial charge >= 0.3 is 0 Å². The minimum absolute atomic E-state index is 0.341. The highest BCUT2D eigenvalue weighted by molar-refractivity contribution is 8.04. The van der Waals surface area contributed by atoms with Crippen LogP contribution >= 0.6 is 0 Å². The number of amides is 1. The maximum Gasteiger partial charge on any atom is 0.250 e. The number of hydrazine groups is 1. The predicted octanol–water partition coefficient (Wildman–Crippen LogP) is 0.607. The topological polar surface area (TPSA) is 81.4 Å². The molecule has 0 aromatic carbocycles. The summed E-state index contributed by atoms with van der Waals surface area (Å²) in [5.41, 5.74) is 2.13. The number of hydrogen-bond acceptors (Lipinski definition) is 4. The van der Waals surface area contributed by atoms with Crippen molar-refractivity contribution in [1.29, 1.82) is 0 Å². The average molecular weight is 292 g/mol. The lowest BCUT2D eigenvalue weighted by Gasteiger charge is -2.38. The molecule has 0 spiro atoms. The Morgan fingerprint density at radius 1 is 1.37 bits per heavy atom. The van der Waals surface area contributed by atoms with Crippen molar-refractivity contribution in [2.75, 3.05) is 19.1 Å². The highest BCUT2D eigenvalue weighted by Gasteiger charge is 2.40. The molecule has 0 aromatic rings. The molecule has 0 heterocycles. The number of ether oxygens (including phenoxy) is 1. The molecule has 1 saturated carbocycles. The van der Waals surface area contributed by atoms with Crippen molar-refractivity contribution >= 4 is 15.8 Å². The number of carbonyl (C=O) groups is 1. The lowest BCUT2D eigenvalue weighted by atomic mass is 9.89. The van der Waals surface area contributed by atoms with E-state index in [0.717, 1.165) is 25.7 Å². The van der Waals surface area contributed by atoms with Crippen molar-refractivity contribution in [3.8, 4) is 0 Å². The number of thiol groups is 1. The van der Waals surface area contributed by atoms with Crippen LogP contribution in [0.4, 0.5) is 0 Å². The number of rotatable bonds is 5.